The van der Waals surface area contributed by atoms with Gasteiger partial charge in [-0.15, -0.1) is 0 Å². The number of aliphatic hydroxyl groups is 1. The summed E-state index contributed by atoms with van der Waals surface area (Å²) >= 11 is 0. The molecule has 0 spiro atoms. The van der Waals surface area contributed by atoms with E-state index in [-0.39, 0.29) is 18.1 Å². The Balaban J connectivity index is 1.58. The van der Waals surface area contributed by atoms with Gasteiger partial charge in [-0.2, -0.15) is 0 Å². The smallest absolute Gasteiger partial charge is 0.167 e. The molecule has 0 amide bonds. The maximum atomic E-state index is 12.6. The van der Waals surface area contributed by atoms with Crippen LogP contribution in [0.4, 0.5) is 0 Å². The largest absolute Gasteiger partial charge is 0.496 e. The van der Waals surface area contributed by atoms with E-state index in [9.17, 15) is 5.11 Å². The maximum absolute atomic E-state index is 12.6. The molecule has 10 heteroatoms. The summed E-state index contributed by atoms with van der Waals surface area (Å²) in [5.41, 5.74) is 6.33. The summed E-state index contributed by atoms with van der Waals surface area (Å²) in [4.78, 5) is 4.77. The Labute approximate surface area is 271 Å². The Kier molecular flexibility index (Phi) is 9.00. The maximum Gasteiger partial charge on any atom is 0.167 e. The first-order chi connectivity index (χ1) is 22.3. The van der Waals surface area contributed by atoms with Gasteiger partial charge in [0, 0.05) is 46.0 Å². The van der Waals surface area contributed by atoms with E-state index in [2.05, 4.69) is 29.0 Å². The number of piperazine rings is 1. The second kappa shape index (κ2) is 12.8. The summed E-state index contributed by atoms with van der Waals surface area (Å²) in [7, 11) is 12.1. The van der Waals surface area contributed by atoms with Crippen LogP contribution in [0.3, 0.4) is 0 Å². The molecule has 0 aromatic heterocycles. The quantitative estimate of drug-likeness (QED) is 0.331. The number of hydrogen-bond donors (Lipinski definition) is 1. The average molecular weight is 635 g/mol. The standard InChI is InChI=1S/C36H46N2O8/c1-19-31(40-4)23-15-22-16-38-24(18-46-17-21-13-11-10-12-14-21)26-27(32(41-5)20(2)34(43-7)36(26)45-9)30(39)29(38)28(37(22)3)25(23)35(44-8)33(19)42-6/h10-14,22,24,28-30,39H,15-18H2,1-9H3/t22-,24-,28?,29-,30?/m0/s1. The van der Waals surface area contributed by atoms with Crippen molar-refractivity contribution in [3.8, 4) is 34.5 Å². The minimum atomic E-state index is -0.948. The zero-order valence-electron chi connectivity index (χ0n) is 28.3. The van der Waals surface area contributed by atoms with Gasteiger partial charge in [0.2, 0.25) is 0 Å². The molecule has 1 N–H and O–H groups in total. The summed E-state index contributed by atoms with van der Waals surface area (Å²) in [6.45, 7) is 5.43. The van der Waals surface area contributed by atoms with E-state index in [4.69, 9.17) is 33.2 Å². The molecule has 3 heterocycles. The summed E-state index contributed by atoms with van der Waals surface area (Å²) in [5.74, 6) is 3.86. The van der Waals surface area contributed by atoms with E-state index in [0.717, 1.165) is 45.6 Å². The fraction of sp³-hybridized carbons (Fsp3) is 0.500. The van der Waals surface area contributed by atoms with Crippen LogP contribution in [0.2, 0.25) is 0 Å². The van der Waals surface area contributed by atoms with Gasteiger partial charge in [0.1, 0.15) is 17.6 Å². The first-order valence-corrected chi connectivity index (χ1v) is 15.7. The van der Waals surface area contributed by atoms with Crippen LogP contribution in [-0.4, -0.2) is 89.8 Å². The molecule has 1 saturated heterocycles. The lowest BCUT2D eigenvalue weighted by atomic mass is 9.72. The SMILES string of the molecule is COc1c(C)c(OC)c(OC)c2c1C[C@H]1CN3[C@H](C(O)c4c(OC)c(C)c(OC)c(OC)c4[C@@H]3COCc3ccccc3)C2N1C. The van der Waals surface area contributed by atoms with Crippen LogP contribution in [-0.2, 0) is 17.8 Å². The highest BCUT2D eigenvalue weighted by atomic mass is 16.5. The molecule has 10 nitrogen and oxygen atoms in total. The van der Waals surface area contributed by atoms with Crippen LogP contribution in [0.1, 0.15) is 57.1 Å². The topological polar surface area (TPSA) is 91.3 Å². The number of methoxy groups -OCH3 is 6. The number of benzene rings is 3. The molecule has 3 aliphatic rings. The summed E-state index contributed by atoms with van der Waals surface area (Å²) < 4.78 is 42.6. The Morgan fingerprint density at radius 2 is 1.28 bits per heavy atom. The minimum Gasteiger partial charge on any atom is -0.496 e. The third-order valence-electron chi connectivity index (χ3n) is 10.2. The number of aliphatic hydroxyl groups excluding tert-OH is 1. The lowest BCUT2D eigenvalue weighted by Crippen LogP contribution is -2.65. The number of likely N-dealkylation sites (N-methyl/N-ethyl adjacent to an activating group) is 1. The number of fused-ring (bicyclic) bond motifs is 7. The molecule has 3 aromatic carbocycles. The van der Waals surface area contributed by atoms with Gasteiger partial charge in [-0.1, -0.05) is 30.3 Å². The van der Waals surface area contributed by atoms with Gasteiger partial charge < -0.3 is 38.3 Å². The van der Waals surface area contributed by atoms with Crippen LogP contribution in [0.15, 0.2) is 30.3 Å². The Morgan fingerprint density at radius 3 is 1.87 bits per heavy atom. The monoisotopic (exact) mass is 634 g/mol. The lowest BCUT2D eigenvalue weighted by Gasteiger charge is -2.59. The summed E-state index contributed by atoms with van der Waals surface area (Å²) in [6, 6.07) is 9.34. The van der Waals surface area contributed by atoms with Gasteiger partial charge in [0.25, 0.3) is 0 Å². The van der Waals surface area contributed by atoms with Crippen molar-refractivity contribution in [3.05, 3.63) is 69.3 Å². The molecular weight excluding hydrogens is 588 g/mol. The van der Waals surface area contributed by atoms with Crippen LogP contribution in [0, 0.1) is 13.8 Å². The Morgan fingerprint density at radius 1 is 0.717 bits per heavy atom. The van der Waals surface area contributed by atoms with E-state index in [1.54, 1.807) is 42.7 Å². The van der Waals surface area contributed by atoms with Crippen LogP contribution in [0.5, 0.6) is 34.5 Å². The zero-order valence-corrected chi connectivity index (χ0v) is 28.3. The van der Waals surface area contributed by atoms with Crippen molar-refractivity contribution in [3.63, 3.8) is 0 Å². The van der Waals surface area contributed by atoms with Crippen molar-refractivity contribution in [2.75, 3.05) is 62.9 Å². The van der Waals surface area contributed by atoms with E-state index < -0.39 is 12.1 Å². The second-order valence-electron chi connectivity index (χ2n) is 12.3. The highest BCUT2D eigenvalue weighted by molar-refractivity contribution is 5.68. The molecule has 46 heavy (non-hydrogen) atoms. The van der Waals surface area contributed by atoms with Gasteiger partial charge in [-0.3, -0.25) is 9.80 Å². The van der Waals surface area contributed by atoms with Crippen molar-refractivity contribution in [1.29, 1.82) is 0 Å². The zero-order chi connectivity index (χ0) is 32.9. The predicted octanol–water partition coefficient (Wildman–Crippen LogP) is 4.94. The van der Waals surface area contributed by atoms with Crippen molar-refractivity contribution in [2.24, 2.45) is 0 Å². The number of nitrogens with zero attached hydrogens (tertiary/aromatic N) is 2. The van der Waals surface area contributed by atoms with Gasteiger partial charge >= 0.3 is 0 Å². The first-order valence-electron chi connectivity index (χ1n) is 15.7. The summed E-state index contributed by atoms with van der Waals surface area (Å²) in [6.07, 6.45) is -0.204. The number of hydrogen-bond acceptors (Lipinski definition) is 10. The molecule has 248 valence electrons. The van der Waals surface area contributed by atoms with Crippen molar-refractivity contribution in [1.82, 2.24) is 9.80 Å². The molecule has 2 unspecified atom stereocenters. The van der Waals surface area contributed by atoms with Gasteiger partial charge in [-0.05, 0) is 32.9 Å². The van der Waals surface area contributed by atoms with Crippen LogP contribution >= 0.6 is 0 Å². The molecule has 0 radical (unpaired) electrons. The predicted molar refractivity (Wildman–Crippen MR) is 174 cm³/mol. The van der Waals surface area contributed by atoms with Gasteiger partial charge in [-0.25, -0.2) is 0 Å². The van der Waals surface area contributed by atoms with Crippen molar-refractivity contribution >= 4 is 0 Å². The molecule has 5 atom stereocenters. The van der Waals surface area contributed by atoms with E-state index in [0.29, 0.717) is 54.1 Å². The molecule has 2 bridgehead atoms. The average Bonchev–Trinajstić information content (AvgIpc) is 3.06. The van der Waals surface area contributed by atoms with E-state index in [1.807, 2.05) is 32.0 Å². The van der Waals surface area contributed by atoms with Gasteiger partial charge in [0.05, 0.1) is 74.0 Å². The molecule has 0 aliphatic carbocycles. The Hall–Kier alpha value is -3.70. The van der Waals surface area contributed by atoms with Crippen molar-refractivity contribution < 1.29 is 38.3 Å². The van der Waals surface area contributed by atoms with Crippen molar-refractivity contribution in [2.45, 2.75) is 57.1 Å². The molecule has 1 fully saturated rings. The lowest BCUT2D eigenvalue weighted by molar-refractivity contribution is -0.115. The molecular formula is C36H46N2O8. The fourth-order valence-electron chi connectivity index (χ4n) is 8.33. The molecule has 0 saturated carbocycles. The third kappa shape index (κ3) is 4.76. The highest BCUT2D eigenvalue weighted by Crippen LogP contribution is 2.60. The number of ether oxygens (including phenoxy) is 7. The highest BCUT2D eigenvalue weighted by Gasteiger charge is 2.56. The molecule has 3 aliphatic heterocycles. The van der Waals surface area contributed by atoms with Crippen LogP contribution < -0.4 is 28.4 Å². The third-order valence-corrected chi connectivity index (χ3v) is 10.2. The van der Waals surface area contributed by atoms with E-state index >= 15 is 0 Å². The number of rotatable bonds is 10. The molecule has 6 rings (SSSR count). The van der Waals surface area contributed by atoms with Crippen LogP contribution in [0.25, 0.3) is 0 Å². The Bertz CT molecular complexity index is 1600. The first kappa shape index (κ1) is 32.2. The summed E-state index contributed by atoms with van der Waals surface area (Å²) in [5, 5.41) is 12.6. The minimum absolute atomic E-state index is 0.130. The second-order valence-corrected chi connectivity index (χ2v) is 12.3. The van der Waals surface area contributed by atoms with E-state index in [1.165, 1.54) is 0 Å². The normalized spacial score (nSPS) is 23.6. The van der Waals surface area contributed by atoms with Gasteiger partial charge in [0.15, 0.2) is 23.0 Å². The molecule has 3 aromatic rings. The fourth-order valence-corrected chi connectivity index (χ4v) is 8.33.